The summed E-state index contributed by atoms with van der Waals surface area (Å²) in [5.74, 6) is 0.471. The van der Waals surface area contributed by atoms with Crippen LogP contribution in [-0.4, -0.2) is 26.3 Å². The monoisotopic (exact) mass is 287 g/mol. The minimum Gasteiger partial charge on any atom is -0.495 e. The first-order valence-electron chi connectivity index (χ1n) is 6.56. The third-order valence-corrected chi connectivity index (χ3v) is 3.89. The summed E-state index contributed by atoms with van der Waals surface area (Å²) in [6, 6.07) is 2.82. The van der Waals surface area contributed by atoms with Crippen LogP contribution in [0.15, 0.2) is 12.1 Å². The van der Waals surface area contributed by atoms with Gasteiger partial charge < -0.3 is 14.8 Å². The number of hydrogen-bond donors (Lipinski definition) is 1. The SMILES string of the molecule is CC[C@@H](Oc1c(F)ccc(OC)c1Cl)C1CCNC1. The Morgan fingerprint density at radius 1 is 1.53 bits per heavy atom. The van der Waals surface area contributed by atoms with Gasteiger partial charge in [0.15, 0.2) is 11.6 Å². The fourth-order valence-corrected chi connectivity index (χ4v) is 2.71. The summed E-state index contributed by atoms with van der Waals surface area (Å²) < 4.78 is 24.8. The lowest BCUT2D eigenvalue weighted by Crippen LogP contribution is -2.28. The molecule has 5 heteroatoms. The second-order valence-corrected chi connectivity index (χ2v) is 5.09. The maximum absolute atomic E-state index is 13.9. The molecule has 1 saturated heterocycles. The molecule has 1 unspecified atom stereocenters. The summed E-state index contributed by atoms with van der Waals surface area (Å²) in [7, 11) is 1.50. The number of hydrogen-bond acceptors (Lipinski definition) is 3. The highest BCUT2D eigenvalue weighted by atomic mass is 35.5. The Labute approximate surface area is 118 Å². The van der Waals surface area contributed by atoms with Gasteiger partial charge in [0.25, 0.3) is 0 Å². The van der Waals surface area contributed by atoms with Crippen molar-refractivity contribution < 1.29 is 13.9 Å². The van der Waals surface area contributed by atoms with Crippen molar-refractivity contribution in [3.63, 3.8) is 0 Å². The molecular formula is C14H19ClFNO2. The van der Waals surface area contributed by atoms with E-state index >= 15 is 0 Å². The Kier molecular flexibility index (Phi) is 4.88. The Balaban J connectivity index is 2.20. The minimum atomic E-state index is -0.449. The van der Waals surface area contributed by atoms with Gasteiger partial charge in [0.05, 0.1) is 7.11 Å². The highest BCUT2D eigenvalue weighted by Gasteiger charge is 2.27. The fourth-order valence-electron chi connectivity index (χ4n) is 2.44. The molecule has 1 aromatic carbocycles. The molecule has 0 bridgehead atoms. The molecule has 19 heavy (non-hydrogen) atoms. The number of nitrogens with one attached hydrogen (secondary N) is 1. The Morgan fingerprint density at radius 2 is 2.32 bits per heavy atom. The van der Waals surface area contributed by atoms with Gasteiger partial charge in [-0.15, -0.1) is 0 Å². The normalized spacial score (nSPS) is 20.3. The maximum atomic E-state index is 13.9. The fraction of sp³-hybridized carbons (Fsp3) is 0.571. The molecule has 1 N–H and O–H groups in total. The number of methoxy groups -OCH3 is 1. The lowest BCUT2D eigenvalue weighted by molar-refractivity contribution is 0.132. The van der Waals surface area contributed by atoms with E-state index in [2.05, 4.69) is 5.32 Å². The van der Waals surface area contributed by atoms with E-state index in [0.29, 0.717) is 11.7 Å². The van der Waals surface area contributed by atoms with Crippen molar-refractivity contribution in [3.8, 4) is 11.5 Å². The van der Waals surface area contributed by atoms with E-state index in [1.807, 2.05) is 6.92 Å². The number of halogens is 2. The van der Waals surface area contributed by atoms with Crippen molar-refractivity contribution in [1.82, 2.24) is 5.32 Å². The molecule has 0 spiro atoms. The molecule has 1 heterocycles. The van der Waals surface area contributed by atoms with E-state index in [4.69, 9.17) is 21.1 Å². The molecule has 2 atom stereocenters. The van der Waals surface area contributed by atoms with Crippen LogP contribution in [0.1, 0.15) is 19.8 Å². The van der Waals surface area contributed by atoms with Crippen LogP contribution in [0, 0.1) is 11.7 Å². The first-order chi connectivity index (χ1) is 9.17. The van der Waals surface area contributed by atoms with Gasteiger partial charge in [0.2, 0.25) is 0 Å². The summed E-state index contributed by atoms with van der Waals surface area (Å²) in [5, 5.41) is 3.49. The van der Waals surface area contributed by atoms with Crippen molar-refractivity contribution in [2.24, 2.45) is 5.92 Å². The molecule has 106 valence electrons. The van der Waals surface area contributed by atoms with Gasteiger partial charge in [0, 0.05) is 12.5 Å². The quantitative estimate of drug-likeness (QED) is 0.902. The molecule has 1 aromatic rings. The summed E-state index contributed by atoms with van der Waals surface area (Å²) in [6.45, 7) is 3.93. The van der Waals surface area contributed by atoms with Crippen LogP contribution >= 0.6 is 11.6 Å². The smallest absolute Gasteiger partial charge is 0.177 e. The molecule has 0 aliphatic carbocycles. The Morgan fingerprint density at radius 3 is 2.89 bits per heavy atom. The third kappa shape index (κ3) is 3.12. The van der Waals surface area contributed by atoms with Gasteiger partial charge in [-0.1, -0.05) is 18.5 Å². The zero-order valence-electron chi connectivity index (χ0n) is 11.2. The third-order valence-electron chi connectivity index (χ3n) is 3.53. The standard InChI is InChI=1S/C14H19ClFNO2/c1-3-11(9-6-7-17-8-9)19-14-10(16)4-5-12(18-2)13(14)15/h4-5,9,11,17H,3,6-8H2,1-2H3/t9?,11-/m1/s1. The number of ether oxygens (including phenoxy) is 2. The van der Waals surface area contributed by atoms with E-state index in [1.54, 1.807) is 0 Å². The van der Waals surface area contributed by atoms with Gasteiger partial charge in [-0.25, -0.2) is 4.39 Å². The first kappa shape index (κ1) is 14.4. The summed E-state index contributed by atoms with van der Waals surface area (Å²) in [5.41, 5.74) is 0. The zero-order valence-corrected chi connectivity index (χ0v) is 12.0. The van der Waals surface area contributed by atoms with Crippen molar-refractivity contribution >= 4 is 11.6 Å². The predicted molar refractivity (Wildman–Crippen MR) is 73.6 cm³/mol. The molecular weight excluding hydrogens is 269 g/mol. The molecule has 0 amide bonds. The van der Waals surface area contributed by atoms with Crippen LogP contribution in [0.5, 0.6) is 11.5 Å². The second-order valence-electron chi connectivity index (χ2n) is 4.71. The molecule has 1 fully saturated rings. The molecule has 3 nitrogen and oxygen atoms in total. The average Bonchev–Trinajstić information content (AvgIpc) is 2.93. The van der Waals surface area contributed by atoms with Gasteiger partial charge in [0.1, 0.15) is 16.9 Å². The van der Waals surface area contributed by atoms with Crippen LogP contribution in [-0.2, 0) is 0 Å². The van der Waals surface area contributed by atoms with Crippen LogP contribution in [0.3, 0.4) is 0 Å². The average molecular weight is 288 g/mol. The topological polar surface area (TPSA) is 30.5 Å². The largest absolute Gasteiger partial charge is 0.495 e. The summed E-state index contributed by atoms with van der Waals surface area (Å²) in [4.78, 5) is 0. The van der Waals surface area contributed by atoms with E-state index in [9.17, 15) is 4.39 Å². The molecule has 2 rings (SSSR count). The van der Waals surface area contributed by atoms with Crippen molar-refractivity contribution in [3.05, 3.63) is 23.0 Å². The van der Waals surface area contributed by atoms with Crippen molar-refractivity contribution in [1.29, 1.82) is 0 Å². The van der Waals surface area contributed by atoms with Crippen LogP contribution in [0.25, 0.3) is 0 Å². The van der Waals surface area contributed by atoms with Gasteiger partial charge in [-0.2, -0.15) is 0 Å². The summed E-state index contributed by atoms with van der Waals surface area (Å²) in [6.07, 6.45) is 1.83. The highest BCUT2D eigenvalue weighted by molar-refractivity contribution is 6.33. The van der Waals surface area contributed by atoms with Crippen LogP contribution < -0.4 is 14.8 Å². The number of rotatable bonds is 5. The van der Waals surface area contributed by atoms with Crippen molar-refractivity contribution in [2.75, 3.05) is 20.2 Å². The summed E-state index contributed by atoms with van der Waals surface area (Å²) >= 11 is 6.12. The minimum absolute atomic E-state index is 0.0332. The lowest BCUT2D eigenvalue weighted by Gasteiger charge is -2.24. The van der Waals surface area contributed by atoms with Gasteiger partial charge in [-0.3, -0.25) is 0 Å². The van der Waals surface area contributed by atoms with E-state index < -0.39 is 5.82 Å². The van der Waals surface area contributed by atoms with Gasteiger partial charge in [-0.05, 0) is 31.5 Å². The highest BCUT2D eigenvalue weighted by Crippen LogP contribution is 2.37. The lowest BCUT2D eigenvalue weighted by atomic mass is 9.99. The molecule has 1 aliphatic rings. The van der Waals surface area contributed by atoms with Gasteiger partial charge >= 0.3 is 0 Å². The van der Waals surface area contributed by atoms with E-state index in [0.717, 1.165) is 25.9 Å². The maximum Gasteiger partial charge on any atom is 0.177 e. The molecule has 0 aromatic heterocycles. The first-order valence-corrected chi connectivity index (χ1v) is 6.94. The molecule has 0 saturated carbocycles. The second kappa shape index (κ2) is 6.44. The predicted octanol–water partition coefficient (Wildman–Crippen LogP) is 3.25. The van der Waals surface area contributed by atoms with Crippen molar-refractivity contribution in [2.45, 2.75) is 25.9 Å². The van der Waals surface area contributed by atoms with E-state index in [-0.39, 0.29) is 16.9 Å². The Bertz CT molecular complexity index is 436. The number of benzene rings is 1. The molecule has 1 aliphatic heterocycles. The molecule has 0 radical (unpaired) electrons. The zero-order chi connectivity index (χ0) is 13.8. The van der Waals surface area contributed by atoms with Crippen LogP contribution in [0.4, 0.5) is 4.39 Å². The Hall–Kier alpha value is -1.00. The van der Waals surface area contributed by atoms with Crippen LogP contribution in [0.2, 0.25) is 5.02 Å². The van der Waals surface area contributed by atoms with E-state index in [1.165, 1.54) is 19.2 Å².